The van der Waals surface area contributed by atoms with E-state index < -0.39 is 11.9 Å². The molecule has 0 radical (unpaired) electrons. The molecule has 0 aliphatic heterocycles. The molecular formula is C21H17NO5. The summed E-state index contributed by atoms with van der Waals surface area (Å²) in [6, 6.07) is 19.2. The van der Waals surface area contributed by atoms with Gasteiger partial charge in [-0.25, -0.2) is 14.6 Å². The number of hydrogen-bond donors (Lipinski definition) is 0. The topological polar surface area (TPSA) is 74.7 Å². The highest BCUT2D eigenvalue weighted by Crippen LogP contribution is 2.23. The first-order valence-electron chi connectivity index (χ1n) is 8.20. The van der Waals surface area contributed by atoms with Crippen LogP contribution in [-0.4, -0.2) is 24.0 Å². The van der Waals surface area contributed by atoms with Crippen LogP contribution in [-0.2, 0) is 11.3 Å². The zero-order valence-electron chi connectivity index (χ0n) is 14.6. The van der Waals surface area contributed by atoms with Gasteiger partial charge in [-0.3, -0.25) is 0 Å². The molecule has 27 heavy (non-hydrogen) atoms. The van der Waals surface area contributed by atoms with Gasteiger partial charge in [0.2, 0.25) is 5.88 Å². The van der Waals surface area contributed by atoms with Crippen molar-refractivity contribution in [3.05, 3.63) is 89.6 Å². The van der Waals surface area contributed by atoms with Crippen molar-refractivity contribution >= 4 is 11.9 Å². The predicted octanol–water partition coefficient (Wildman–Crippen LogP) is 3.67. The Morgan fingerprint density at radius 1 is 0.889 bits per heavy atom. The van der Waals surface area contributed by atoms with E-state index in [0.717, 1.165) is 5.56 Å². The minimum absolute atomic E-state index is 0.00917. The molecule has 6 heteroatoms. The summed E-state index contributed by atoms with van der Waals surface area (Å²) in [5.74, 6) is -1.08. The van der Waals surface area contributed by atoms with E-state index in [2.05, 4.69) is 4.98 Å². The van der Waals surface area contributed by atoms with Crippen LogP contribution in [0.2, 0.25) is 0 Å². The molecular weight excluding hydrogens is 346 g/mol. The fourth-order valence-corrected chi connectivity index (χ4v) is 2.41. The Bertz CT molecular complexity index is 926. The number of para-hydroxylation sites is 1. The largest absolute Gasteiger partial charge is 0.480 e. The smallest absolute Gasteiger partial charge is 0.349 e. The van der Waals surface area contributed by atoms with Crippen LogP contribution >= 0.6 is 0 Å². The summed E-state index contributed by atoms with van der Waals surface area (Å²) in [5, 5.41) is 0. The van der Waals surface area contributed by atoms with Crippen LogP contribution in [0.4, 0.5) is 0 Å². The molecule has 3 aromatic rings. The number of esters is 2. The molecule has 0 bridgehead atoms. The van der Waals surface area contributed by atoms with Crippen LogP contribution in [0.5, 0.6) is 11.6 Å². The van der Waals surface area contributed by atoms with Crippen molar-refractivity contribution in [2.45, 2.75) is 6.61 Å². The molecule has 0 aliphatic rings. The maximum Gasteiger partial charge on any atom is 0.349 e. The first-order chi connectivity index (χ1) is 13.2. The van der Waals surface area contributed by atoms with Gasteiger partial charge < -0.3 is 14.2 Å². The summed E-state index contributed by atoms with van der Waals surface area (Å²) in [7, 11) is 1.36. The zero-order valence-corrected chi connectivity index (χ0v) is 14.6. The van der Waals surface area contributed by atoms with E-state index in [4.69, 9.17) is 14.2 Å². The van der Waals surface area contributed by atoms with Crippen molar-refractivity contribution in [3.63, 3.8) is 0 Å². The highest BCUT2D eigenvalue weighted by Gasteiger charge is 2.25. The lowest BCUT2D eigenvalue weighted by molar-refractivity contribution is 0.0464. The third kappa shape index (κ3) is 4.49. The number of methoxy groups -OCH3 is 1. The van der Waals surface area contributed by atoms with Crippen molar-refractivity contribution < 1.29 is 23.8 Å². The first kappa shape index (κ1) is 18.1. The van der Waals surface area contributed by atoms with E-state index in [0.29, 0.717) is 5.75 Å². The number of pyridine rings is 1. The van der Waals surface area contributed by atoms with Crippen molar-refractivity contribution in [2.75, 3.05) is 7.11 Å². The number of aromatic nitrogens is 1. The number of hydrogen-bond acceptors (Lipinski definition) is 6. The molecule has 136 valence electrons. The number of nitrogens with zero attached hydrogens (tertiary/aromatic N) is 1. The number of ether oxygens (including phenoxy) is 3. The molecule has 3 rings (SSSR count). The summed E-state index contributed by atoms with van der Waals surface area (Å²) >= 11 is 0. The molecule has 1 heterocycles. The number of benzene rings is 2. The quantitative estimate of drug-likeness (QED) is 0.491. The van der Waals surface area contributed by atoms with Gasteiger partial charge in [-0.2, -0.15) is 0 Å². The summed E-state index contributed by atoms with van der Waals surface area (Å²) in [6.45, 7) is 0.0808. The SMILES string of the molecule is COc1nccc(C(=O)OCc2ccccc2)c1C(=O)Oc1ccccc1. The second kappa shape index (κ2) is 8.62. The molecule has 6 nitrogen and oxygen atoms in total. The Kier molecular flexibility index (Phi) is 5.79. The van der Waals surface area contributed by atoms with Crippen LogP contribution in [0.1, 0.15) is 26.3 Å². The van der Waals surface area contributed by atoms with Gasteiger partial charge in [-0.15, -0.1) is 0 Å². The first-order valence-corrected chi connectivity index (χ1v) is 8.20. The molecule has 0 unspecified atom stereocenters. The van der Waals surface area contributed by atoms with E-state index in [1.54, 1.807) is 30.3 Å². The van der Waals surface area contributed by atoms with Crippen molar-refractivity contribution in [2.24, 2.45) is 0 Å². The molecule has 0 fully saturated rings. The van der Waals surface area contributed by atoms with Gasteiger partial charge in [0.1, 0.15) is 17.9 Å². The third-order valence-electron chi connectivity index (χ3n) is 3.70. The third-order valence-corrected chi connectivity index (χ3v) is 3.70. The molecule has 0 atom stereocenters. The van der Waals surface area contributed by atoms with Crippen LogP contribution in [0.15, 0.2) is 72.9 Å². The summed E-state index contributed by atoms with van der Waals surface area (Å²) < 4.78 is 15.8. The summed E-state index contributed by atoms with van der Waals surface area (Å²) in [5.41, 5.74) is 0.779. The summed E-state index contributed by atoms with van der Waals surface area (Å²) in [6.07, 6.45) is 1.37. The van der Waals surface area contributed by atoms with E-state index in [1.165, 1.54) is 19.4 Å². The van der Waals surface area contributed by atoms with E-state index >= 15 is 0 Å². The molecule has 2 aromatic carbocycles. The predicted molar refractivity (Wildman–Crippen MR) is 97.8 cm³/mol. The molecule has 1 aromatic heterocycles. The summed E-state index contributed by atoms with van der Waals surface area (Å²) in [4.78, 5) is 29.2. The molecule has 0 saturated heterocycles. The van der Waals surface area contributed by atoms with Crippen molar-refractivity contribution in [1.29, 1.82) is 0 Å². The van der Waals surface area contributed by atoms with Gasteiger partial charge in [0.15, 0.2) is 0 Å². The minimum atomic E-state index is -0.752. The number of carbonyl (C=O) groups is 2. The normalized spacial score (nSPS) is 10.1. The van der Waals surface area contributed by atoms with Gasteiger partial charge in [-0.05, 0) is 23.8 Å². The van der Waals surface area contributed by atoms with E-state index in [9.17, 15) is 9.59 Å². The van der Waals surface area contributed by atoms with Gasteiger partial charge in [0, 0.05) is 6.20 Å². The van der Waals surface area contributed by atoms with Crippen molar-refractivity contribution in [1.82, 2.24) is 4.98 Å². The highest BCUT2D eigenvalue weighted by atomic mass is 16.5. The number of carbonyl (C=O) groups excluding carboxylic acids is 2. The monoisotopic (exact) mass is 363 g/mol. The minimum Gasteiger partial charge on any atom is -0.480 e. The lowest BCUT2D eigenvalue weighted by atomic mass is 10.1. The van der Waals surface area contributed by atoms with Gasteiger partial charge in [-0.1, -0.05) is 48.5 Å². The van der Waals surface area contributed by atoms with Crippen molar-refractivity contribution in [3.8, 4) is 11.6 Å². The molecule has 0 aliphatic carbocycles. The standard InChI is InChI=1S/C21H17NO5/c1-25-19-18(21(24)27-16-10-6-3-7-11-16)17(12-13-22-19)20(23)26-14-15-8-4-2-5-9-15/h2-13H,14H2,1H3. The Labute approximate surface area is 156 Å². The molecule has 0 amide bonds. The second-order valence-corrected chi connectivity index (χ2v) is 5.51. The second-order valence-electron chi connectivity index (χ2n) is 5.51. The lowest BCUT2D eigenvalue weighted by Gasteiger charge is -2.12. The fourth-order valence-electron chi connectivity index (χ4n) is 2.41. The van der Waals surface area contributed by atoms with Crippen LogP contribution in [0.25, 0.3) is 0 Å². The molecule has 0 N–H and O–H groups in total. The van der Waals surface area contributed by atoms with Gasteiger partial charge in [0.25, 0.3) is 0 Å². The van der Waals surface area contributed by atoms with Crippen LogP contribution in [0.3, 0.4) is 0 Å². The maximum atomic E-state index is 12.6. The maximum absolute atomic E-state index is 12.6. The van der Waals surface area contributed by atoms with Gasteiger partial charge >= 0.3 is 11.9 Å². The Balaban J connectivity index is 1.84. The molecule has 0 spiro atoms. The Hall–Kier alpha value is -3.67. The fraction of sp³-hybridized carbons (Fsp3) is 0.0952. The Morgan fingerprint density at radius 2 is 1.56 bits per heavy atom. The van der Waals surface area contributed by atoms with Gasteiger partial charge in [0.05, 0.1) is 12.7 Å². The van der Waals surface area contributed by atoms with E-state index in [-0.39, 0.29) is 23.6 Å². The van der Waals surface area contributed by atoms with Crippen LogP contribution in [0, 0.1) is 0 Å². The average Bonchev–Trinajstić information content (AvgIpc) is 2.72. The molecule has 0 saturated carbocycles. The average molecular weight is 363 g/mol. The Morgan fingerprint density at radius 3 is 2.22 bits per heavy atom. The lowest BCUT2D eigenvalue weighted by Crippen LogP contribution is -2.18. The van der Waals surface area contributed by atoms with Crippen LogP contribution < -0.4 is 9.47 Å². The number of rotatable bonds is 6. The zero-order chi connectivity index (χ0) is 19.1. The highest BCUT2D eigenvalue weighted by molar-refractivity contribution is 6.05. The van der Waals surface area contributed by atoms with E-state index in [1.807, 2.05) is 30.3 Å².